The molecule has 0 aromatic carbocycles. The van der Waals surface area contributed by atoms with Gasteiger partial charge in [-0.2, -0.15) is 5.10 Å². The molecule has 1 aromatic rings. The minimum absolute atomic E-state index is 0.00500. The Morgan fingerprint density at radius 2 is 2.25 bits per heavy atom. The molecule has 7 heteroatoms. The van der Waals surface area contributed by atoms with Crippen LogP contribution >= 0.6 is 11.6 Å². The molecule has 1 aliphatic heterocycles. The maximum Gasteiger partial charge on any atom is 0.246 e. The van der Waals surface area contributed by atoms with E-state index >= 15 is 0 Å². The quantitative estimate of drug-likeness (QED) is 0.701. The van der Waals surface area contributed by atoms with Gasteiger partial charge in [-0.1, -0.05) is 18.5 Å². The molecule has 2 heterocycles. The molecular weight excluding hydrogens is 328 g/mol. The number of H-pyrrole nitrogens is 1. The highest BCUT2D eigenvalue weighted by Gasteiger charge is 2.43. The molecular formula is C17H27ClN4O2. The number of aromatic amines is 1. The number of rotatable bonds is 8. The fraction of sp³-hybridized carbons (Fsp3) is 0.765. The Morgan fingerprint density at radius 3 is 2.88 bits per heavy atom. The average molecular weight is 355 g/mol. The number of amides is 1. The smallest absolute Gasteiger partial charge is 0.246 e. The van der Waals surface area contributed by atoms with Gasteiger partial charge in [-0.05, 0) is 38.0 Å². The first kappa shape index (κ1) is 17.7. The summed E-state index contributed by atoms with van der Waals surface area (Å²) in [6, 6.07) is 0.203. The highest BCUT2D eigenvalue weighted by atomic mass is 35.5. The van der Waals surface area contributed by atoms with Gasteiger partial charge in [-0.15, -0.1) is 0 Å². The summed E-state index contributed by atoms with van der Waals surface area (Å²) in [5.41, 5.74) is 1.80. The van der Waals surface area contributed by atoms with E-state index in [1.54, 1.807) is 0 Å². The summed E-state index contributed by atoms with van der Waals surface area (Å²) >= 11 is 6.28. The predicted octanol–water partition coefficient (Wildman–Crippen LogP) is 2.12. The number of nitrogens with one attached hydrogen (secondary N) is 2. The van der Waals surface area contributed by atoms with E-state index < -0.39 is 0 Å². The standard InChI is InChI=1S/C17H27ClN4O2/c1-3-6-24-10-16(23)19-14-8-22(7-13(14)12-4-5-12)9-15-17(18)11(2)20-21-15/h12-14H,3-10H2,1-2H3,(H,19,23)(H,20,21)/t13-,14+/m1/s1. The number of hydrogen-bond acceptors (Lipinski definition) is 4. The van der Waals surface area contributed by atoms with Crippen LogP contribution in [0, 0.1) is 18.8 Å². The second-order valence-corrected chi connectivity index (χ2v) is 7.41. The molecule has 3 rings (SSSR count). The largest absolute Gasteiger partial charge is 0.372 e. The Morgan fingerprint density at radius 1 is 1.46 bits per heavy atom. The van der Waals surface area contributed by atoms with Gasteiger partial charge >= 0.3 is 0 Å². The minimum Gasteiger partial charge on any atom is -0.372 e. The van der Waals surface area contributed by atoms with E-state index in [0.29, 0.717) is 12.5 Å². The van der Waals surface area contributed by atoms with Crippen molar-refractivity contribution in [3.63, 3.8) is 0 Å². The Kier molecular flexibility index (Phi) is 5.79. The van der Waals surface area contributed by atoms with Crippen LogP contribution in [-0.4, -0.2) is 53.3 Å². The van der Waals surface area contributed by atoms with Crippen molar-refractivity contribution in [1.29, 1.82) is 0 Å². The fourth-order valence-electron chi connectivity index (χ4n) is 3.54. The van der Waals surface area contributed by atoms with E-state index in [0.717, 1.165) is 48.4 Å². The zero-order valence-corrected chi connectivity index (χ0v) is 15.2. The Bertz CT molecular complexity index is 573. The van der Waals surface area contributed by atoms with Crippen LogP contribution in [-0.2, 0) is 16.1 Å². The number of carbonyl (C=O) groups excluding carboxylic acids is 1. The van der Waals surface area contributed by atoms with Gasteiger partial charge in [0.05, 0.1) is 16.4 Å². The molecule has 1 saturated heterocycles. The van der Waals surface area contributed by atoms with Crippen LogP contribution < -0.4 is 5.32 Å². The van der Waals surface area contributed by atoms with Crippen molar-refractivity contribution in [1.82, 2.24) is 20.4 Å². The number of hydrogen-bond donors (Lipinski definition) is 2. The number of ether oxygens (including phenoxy) is 1. The van der Waals surface area contributed by atoms with Crippen molar-refractivity contribution < 1.29 is 9.53 Å². The van der Waals surface area contributed by atoms with Gasteiger partial charge in [0.2, 0.25) is 5.91 Å². The van der Waals surface area contributed by atoms with Crippen LogP contribution in [0.15, 0.2) is 0 Å². The van der Waals surface area contributed by atoms with Crippen molar-refractivity contribution in [3.05, 3.63) is 16.4 Å². The van der Waals surface area contributed by atoms with Gasteiger partial charge in [-0.25, -0.2) is 0 Å². The molecule has 2 aliphatic rings. The number of carbonyl (C=O) groups is 1. The van der Waals surface area contributed by atoms with Crippen molar-refractivity contribution >= 4 is 17.5 Å². The SMILES string of the molecule is CCCOCC(=O)N[C@H]1CN(Cc2n[nH]c(C)c2Cl)C[C@@H]1C1CC1. The van der Waals surface area contributed by atoms with E-state index in [4.69, 9.17) is 16.3 Å². The number of nitrogens with zero attached hydrogens (tertiary/aromatic N) is 2. The summed E-state index contributed by atoms with van der Waals surface area (Å²) in [6.07, 6.45) is 3.48. The molecule has 2 N–H and O–H groups in total. The summed E-state index contributed by atoms with van der Waals surface area (Å²) in [7, 11) is 0. The fourth-order valence-corrected chi connectivity index (χ4v) is 3.68. The highest BCUT2D eigenvalue weighted by Crippen LogP contribution is 2.41. The van der Waals surface area contributed by atoms with Crippen LogP contribution in [0.4, 0.5) is 0 Å². The molecule has 2 atom stereocenters. The third kappa shape index (κ3) is 4.29. The number of aryl methyl sites for hydroxylation is 1. The van der Waals surface area contributed by atoms with Crippen LogP contribution in [0.5, 0.6) is 0 Å². The zero-order valence-electron chi connectivity index (χ0n) is 14.5. The van der Waals surface area contributed by atoms with Crippen LogP contribution in [0.25, 0.3) is 0 Å². The third-order valence-corrected chi connectivity index (χ3v) is 5.41. The van der Waals surface area contributed by atoms with Gasteiger partial charge in [0.1, 0.15) is 6.61 Å². The van der Waals surface area contributed by atoms with Crippen molar-refractivity contribution in [3.8, 4) is 0 Å². The van der Waals surface area contributed by atoms with E-state index in [1.807, 2.05) is 13.8 Å². The number of halogens is 1. The average Bonchev–Trinajstić information content (AvgIpc) is 3.26. The monoisotopic (exact) mass is 354 g/mol. The molecule has 1 aromatic heterocycles. The van der Waals surface area contributed by atoms with E-state index in [-0.39, 0.29) is 18.6 Å². The second kappa shape index (κ2) is 7.85. The van der Waals surface area contributed by atoms with Crippen LogP contribution in [0.3, 0.4) is 0 Å². The summed E-state index contributed by atoms with van der Waals surface area (Å²) in [6.45, 7) is 7.33. The zero-order chi connectivity index (χ0) is 17.1. The van der Waals surface area contributed by atoms with Gasteiger partial charge in [-0.3, -0.25) is 14.8 Å². The molecule has 6 nitrogen and oxygen atoms in total. The Hall–Kier alpha value is -1.11. The summed E-state index contributed by atoms with van der Waals surface area (Å²) in [4.78, 5) is 14.4. The third-order valence-electron chi connectivity index (χ3n) is 4.91. The lowest BCUT2D eigenvalue weighted by atomic mass is 9.98. The molecule has 1 aliphatic carbocycles. The highest BCUT2D eigenvalue weighted by molar-refractivity contribution is 6.31. The van der Waals surface area contributed by atoms with E-state index in [1.165, 1.54) is 12.8 Å². The van der Waals surface area contributed by atoms with Crippen LogP contribution in [0.2, 0.25) is 5.02 Å². The first-order valence-electron chi connectivity index (χ1n) is 8.87. The van der Waals surface area contributed by atoms with Gasteiger partial charge in [0.25, 0.3) is 0 Å². The van der Waals surface area contributed by atoms with E-state index in [9.17, 15) is 4.79 Å². The van der Waals surface area contributed by atoms with Crippen molar-refractivity contribution in [2.75, 3.05) is 26.3 Å². The Balaban J connectivity index is 1.55. The molecule has 134 valence electrons. The lowest BCUT2D eigenvalue weighted by Crippen LogP contribution is -2.42. The Labute approximate surface area is 148 Å². The molecule has 0 unspecified atom stereocenters. The predicted molar refractivity (Wildman–Crippen MR) is 92.9 cm³/mol. The first-order valence-corrected chi connectivity index (χ1v) is 9.25. The summed E-state index contributed by atoms with van der Waals surface area (Å²) in [5.74, 6) is 1.27. The maximum atomic E-state index is 12.1. The van der Waals surface area contributed by atoms with Crippen LogP contribution in [0.1, 0.15) is 37.6 Å². The number of aromatic nitrogens is 2. The van der Waals surface area contributed by atoms with Crippen molar-refractivity contribution in [2.24, 2.45) is 11.8 Å². The van der Waals surface area contributed by atoms with Crippen molar-refractivity contribution in [2.45, 2.75) is 45.7 Å². The van der Waals surface area contributed by atoms with Gasteiger partial charge < -0.3 is 10.1 Å². The normalized spacial score (nSPS) is 24.5. The summed E-state index contributed by atoms with van der Waals surface area (Å²) < 4.78 is 5.35. The lowest BCUT2D eigenvalue weighted by Gasteiger charge is -2.19. The minimum atomic E-state index is -0.00500. The molecule has 0 radical (unpaired) electrons. The molecule has 24 heavy (non-hydrogen) atoms. The summed E-state index contributed by atoms with van der Waals surface area (Å²) in [5, 5.41) is 11.1. The molecule has 0 bridgehead atoms. The second-order valence-electron chi connectivity index (χ2n) is 7.03. The first-order chi connectivity index (χ1) is 11.6. The maximum absolute atomic E-state index is 12.1. The molecule has 0 spiro atoms. The molecule has 1 amide bonds. The van der Waals surface area contributed by atoms with Gasteiger partial charge in [0, 0.05) is 32.3 Å². The topological polar surface area (TPSA) is 70.2 Å². The van der Waals surface area contributed by atoms with Gasteiger partial charge in [0.15, 0.2) is 0 Å². The molecule has 2 fully saturated rings. The van der Waals surface area contributed by atoms with E-state index in [2.05, 4.69) is 20.4 Å². The number of likely N-dealkylation sites (tertiary alicyclic amines) is 1. The lowest BCUT2D eigenvalue weighted by molar-refractivity contribution is -0.126. The molecule has 1 saturated carbocycles.